The number of aromatic nitrogens is 1. The number of rotatable bonds is 9. The van der Waals surface area contributed by atoms with Crippen LogP contribution in [0.25, 0.3) is 0 Å². The zero-order valence-electron chi connectivity index (χ0n) is 16.7. The predicted molar refractivity (Wildman–Crippen MR) is 114 cm³/mol. The van der Waals surface area contributed by atoms with Crippen LogP contribution in [0.3, 0.4) is 0 Å². The highest BCUT2D eigenvalue weighted by Gasteiger charge is 2.29. The quantitative estimate of drug-likeness (QED) is 0.477. The van der Waals surface area contributed by atoms with E-state index in [1.54, 1.807) is 32.2 Å². The molecule has 2 rings (SSSR count). The number of halogens is 1. The zero-order chi connectivity index (χ0) is 22.1. The number of carbonyl (C=O) groups is 3. The second kappa shape index (κ2) is 11.3. The van der Waals surface area contributed by atoms with E-state index in [2.05, 4.69) is 31.5 Å². The van der Waals surface area contributed by atoms with Crippen molar-refractivity contribution in [3.05, 3.63) is 64.4 Å². The van der Waals surface area contributed by atoms with E-state index in [4.69, 9.17) is 4.74 Å². The lowest BCUT2D eigenvalue weighted by atomic mass is 10.0. The lowest BCUT2D eigenvalue weighted by Gasteiger charge is -2.24. The van der Waals surface area contributed by atoms with Gasteiger partial charge < -0.3 is 20.5 Å². The number of nitrogens with one attached hydrogen (secondary N) is 2. The summed E-state index contributed by atoms with van der Waals surface area (Å²) in [5, 5.41) is 14.5. The number of carboxylic acids is 1. The first-order valence-corrected chi connectivity index (χ1v) is 10.2. The molecule has 0 fully saturated rings. The smallest absolute Gasteiger partial charge is 0.408 e. The number of nitrogens with zero attached hydrogens (tertiary/aromatic N) is 1. The molecule has 160 valence electrons. The van der Waals surface area contributed by atoms with Crippen molar-refractivity contribution in [1.82, 2.24) is 15.6 Å². The van der Waals surface area contributed by atoms with Crippen molar-refractivity contribution >= 4 is 33.9 Å². The number of amides is 2. The molecular weight excluding hydrogens is 454 g/mol. The number of pyridine rings is 1. The fourth-order valence-corrected chi connectivity index (χ4v) is 3.09. The van der Waals surface area contributed by atoms with Crippen LogP contribution in [0.15, 0.2) is 53.3 Å². The van der Waals surface area contributed by atoms with Gasteiger partial charge in [-0.15, -0.1) is 0 Å². The van der Waals surface area contributed by atoms with Gasteiger partial charge in [0.2, 0.25) is 5.91 Å². The molecule has 0 saturated carbocycles. The topological polar surface area (TPSA) is 118 Å². The number of carboxylic acid groups (broad SMARTS) is 1. The van der Waals surface area contributed by atoms with Crippen molar-refractivity contribution in [2.45, 2.75) is 39.0 Å². The Kier molecular flexibility index (Phi) is 8.79. The average molecular weight is 478 g/mol. The van der Waals surface area contributed by atoms with Crippen LogP contribution in [0.4, 0.5) is 4.79 Å². The number of hydrogen-bond donors (Lipinski definition) is 3. The molecule has 30 heavy (non-hydrogen) atoms. The predicted octanol–water partition coefficient (Wildman–Crippen LogP) is 2.91. The molecule has 0 saturated heterocycles. The van der Waals surface area contributed by atoms with Gasteiger partial charge in [-0.2, -0.15) is 0 Å². The summed E-state index contributed by atoms with van der Waals surface area (Å²) in [4.78, 5) is 40.6. The van der Waals surface area contributed by atoms with Gasteiger partial charge >= 0.3 is 12.1 Å². The van der Waals surface area contributed by atoms with Crippen molar-refractivity contribution in [3.63, 3.8) is 0 Å². The number of alkyl carbamates (subject to hydrolysis) is 1. The molecule has 0 spiro atoms. The molecule has 0 unspecified atom stereocenters. The van der Waals surface area contributed by atoms with Crippen LogP contribution < -0.4 is 10.6 Å². The molecule has 9 heteroatoms. The molecular formula is C21H24BrN3O5. The number of aliphatic carboxylic acids is 1. The highest BCUT2D eigenvalue weighted by Crippen LogP contribution is 2.15. The maximum absolute atomic E-state index is 12.7. The maximum Gasteiger partial charge on any atom is 0.408 e. The van der Waals surface area contributed by atoms with Crippen molar-refractivity contribution in [3.8, 4) is 0 Å². The second-order valence-corrected chi connectivity index (χ2v) is 7.74. The Hall–Kier alpha value is -2.94. The number of ether oxygens (including phenoxy) is 1. The first kappa shape index (κ1) is 23.3. The largest absolute Gasteiger partial charge is 0.480 e. The summed E-state index contributed by atoms with van der Waals surface area (Å²) in [6.07, 6.45) is 0.857. The summed E-state index contributed by atoms with van der Waals surface area (Å²) in [7, 11) is 0. The fourth-order valence-electron chi connectivity index (χ4n) is 2.68. The van der Waals surface area contributed by atoms with E-state index in [0.717, 1.165) is 5.56 Å². The van der Waals surface area contributed by atoms with Crippen LogP contribution in [0.2, 0.25) is 0 Å². The molecule has 3 N–H and O–H groups in total. The second-order valence-electron chi connectivity index (χ2n) is 6.98. The minimum absolute atomic E-state index is 0.0404. The highest BCUT2D eigenvalue weighted by molar-refractivity contribution is 9.10. The number of hydrogen-bond acceptors (Lipinski definition) is 5. The Morgan fingerprint density at radius 1 is 1.10 bits per heavy atom. The van der Waals surface area contributed by atoms with E-state index in [0.29, 0.717) is 10.2 Å². The van der Waals surface area contributed by atoms with Crippen LogP contribution >= 0.6 is 15.9 Å². The summed E-state index contributed by atoms with van der Waals surface area (Å²) >= 11 is 3.27. The number of benzene rings is 1. The normalized spacial score (nSPS) is 12.7. The minimum Gasteiger partial charge on any atom is -0.480 e. The van der Waals surface area contributed by atoms with E-state index in [1.807, 2.05) is 30.3 Å². The fraction of sp³-hybridized carbons (Fsp3) is 0.333. The third kappa shape index (κ3) is 7.14. The van der Waals surface area contributed by atoms with Gasteiger partial charge in [0.15, 0.2) is 0 Å². The first-order chi connectivity index (χ1) is 14.3. The van der Waals surface area contributed by atoms with Gasteiger partial charge in [0.1, 0.15) is 23.3 Å². The summed E-state index contributed by atoms with van der Waals surface area (Å²) < 4.78 is 5.67. The summed E-state index contributed by atoms with van der Waals surface area (Å²) in [6, 6.07) is 10.4. The SMILES string of the molecule is CC(C)[C@@H](NC(=O)OCc1ccccc1)C(=O)N[C@@H](Cc1cccnc1Br)C(=O)O. The van der Waals surface area contributed by atoms with Gasteiger partial charge in [-0.05, 0) is 39.0 Å². The van der Waals surface area contributed by atoms with Crippen molar-refractivity contribution in [2.75, 3.05) is 0 Å². The molecule has 2 aromatic rings. The van der Waals surface area contributed by atoms with Gasteiger partial charge in [-0.25, -0.2) is 14.6 Å². The Morgan fingerprint density at radius 2 is 1.80 bits per heavy atom. The highest BCUT2D eigenvalue weighted by atomic mass is 79.9. The molecule has 8 nitrogen and oxygen atoms in total. The summed E-state index contributed by atoms with van der Waals surface area (Å²) in [5.41, 5.74) is 1.45. The Morgan fingerprint density at radius 3 is 2.40 bits per heavy atom. The molecule has 1 heterocycles. The monoisotopic (exact) mass is 477 g/mol. The van der Waals surface area contributed by atoms with E-state index in [9.17, 15) is 19.5 Å². The average Bonchev–Trinajstić information content (AvgIpc) is 2.71. The van der Waals surface area contributed by atoms with Crippen molar-refractivity contribution < 1.29 is 24.2 Å². The van der Waals surface area contributed by atoms with Crippen LogP contribution in [0, 0.1) is 5.92 Å². The summed E-state index contributed by atoms with van der Waals surface area (Å²) in [5.74, 6) is -2.07. The third-order valence-corrected chi connectivity index (χ3v) is 5.02. The number of carbonyl (C=O) groups excluding carboxylic acids is 2. The van der Waals surface area contributed by atoms with Crippen LogP contribution in [0.1, 0.15) is 25.0 Å². The van der Waals surface area contributed by atoms with Gasteiger partial charge in [-0.1, -0.05) is 50.2 Å². The van der Waals surface area contributed by atoms with Crippen molar-refractivity contribution in [1.29, 1.82) is 0 Å². The molecule has 1 aromatic heterocycles. The van der Waals surface area contributed by atoms with Crippen LogP contribution in [-0.2, 0) is 27.4 Å². The Labute approximate surface area is 183 Å². The van der Waals surface area contributed by atoms with Gasteiger partial charge in [0, 0.05) is 12.6 Å². The Bertz CT molecular complexity index is 876. The molecule has 0 aliphatic carbocycles. The van der Waals surface area contributed by atoms with Gasteiger partial charge in [0.25, 0.3) is 0 Å². The Balaban J connectivity index is 1.99. The third-order valence-electron chi connectivity index (χ3n) is 4.31. The molecule has 0 aliphatic heterocycles. The molecule has 1 aromatic carbocycles. The van der Waals surface area contributed by atoms with E-state index in [-0.39, 0.29) is 18.9 Å². The lowest BCUT2D eigenvalue weighted by Crippen LogP contribution is -2.54. The van der Waals surface area contributed by atoms with E-state index >= 15 is 0 Å². The standard InChI is InChI=1S/C21H24BrN3O5/c1-13(2)17(25-21(29)30-12-14-7-4-3-5-8-14)19(26)24-16(20(27)28)11-15-9-6-10-23-18(15)22/h3-10,13,16-17H,11-12H2,1-2H3,(H,24,26)(H,25,29)(H,27,28)/t16-,17+/m0/s1. The van der Waals surface area contributed by atoms with E-state index < -0.39 is 30.1 Å². The molecule has 0 bridgehead atoms. The van der Waals surface area contributed by atoms with Gasteiger partial charge in [0.05, 0.1) is 0 Å². The minimum atomic E-state index is -1.19. The summed E-state index contributed by atoms with van der Waals surface area (Å²) in [6.45, 7) is 3.55. The van der Waals surface area contributed by atoms with Gasteiger partial charge in [-0.3, -0.25) is 4.79 Å². The zero-order valence-corrected chi connectivity index (χ0v) is 18.3. The molecule has 0 aliphatic rings. The van der Waals surface area contributed by atoms with Crippen LogP contribution in [-0.4, -0.2) is 40.1 Å². The maximum atomic E-state index is 12.7. The van der Waals surface area contributed by atoms with Crippen LogP contribution in [0.5, 0.6) is 0 Å². The van der Waals surface area contributed by atoms with E-state index in [1.165, 1.54) is 0 Å². The lowest BCUT2D eigenvalue weighted by molar-refractivity contribution is -0.142. The molecule has 2 atom stereocenters. The molecule has 2 amide bonds. The first-order valence-electron chi connectivity index (χ1n) is 9.37. The van der Waals surface area contributed by atoms with Crippen molar-refractivity contribution in [2.24, 2.45) is 5.92 Å². The molecule has 0 radical (unpaired) electrons.